The van der Waals surface area contributed by atoms with E-state index in [-0.39, 0.29) is 0 Å². The van der Waals surface area contributed by atoms with Crippen LogP contribution in [0.5, 0.6) is 0 Å². The van der Waals surface area contributed by atoms with Crippen LogP contribution in [0, 0.1) is 13.8 Å². The normalized spacial score (nSPS) is 15.0. The van der Waals surface area contributed by atoms with Crippen LogP contribution >= 0.6 is 11.6 Å². The molecule has 2 aromatic rings. The zero-order valence-corrected chi connectivity index (χ0v) is 13.7. The summed E-state index contributed by atoms with van der Waals surface area (Å²) in [6.07, 6.45) is 5.27. The van der Waals surface area contributed by atoms with E-state index in [1.54, 1.807) is 6.20 Å². The van der Waals surface area contributed by atoms with Crippen molar-refractivity contribution in [1.82, 2.24) is 15.2 Å². The van der Waals surface area contributed by atoms with Crippen LogP contribution in [0.1, 0.15) is 30.4 Å². The highest BCUT2D eigenvalue weighted by atomic mass is 35.5. The number of hydrogen-bond acceptors (Lipinski definition) is 5. The minimum atomic E-state index is 0.671. The molecule has 1 saturated heterocycles. The fraction of sp³-hybridized carbons (Fsp3) is 0.438. The van der Waals surface area contributed by atoms with Crippen molar-refractivity contribution in [3.05, 3.63) is 34.5 Å². The number of nitrogens with one attached hydrogen (secondary N) is 1. The van der Waals surface area contributed by atoms with Crippen LogP contribution in [-0.4, -0.2) is 28.3 Å². The Hall–Kier alpha value is -1.88. The second kappa shape index (κ2) is 6.48. The van der Waals surface area contributed by atoms with Gasteiger partial charge in [-0.25, -0.2) is 0 Å². The molecule has 2 heterocycles. The first-order valence-corrected chi connectivity index (χ1v) is 8.00. The van der Waals surface area contributed by atoms with Gasteiger partial charge in [0.15, 0.2) is 5.82 Å². The summed E-state index contributed by atoms with van der Waals surface area (Å²) in [5.74, 6) is 1.36. The molecule has 0 bridgehead atoms. The lowest BCUT2D eigenvalue weighted by molar-refractivity contribution is 0.565. The predicted octanol–water partition coefficient (Wildman–Crippen LogP) is 3.88. The Morgan fingerprint density at radius 3 is 2.64 bits per heavy atom. The van der Waals surface area contributed by atoms with E-state index in [1.165, 1.54) is 19.3 Å². The Labute approximate surface area is 135 Å². The lowest BCUT2D eigenvalue weighted by Gasteiger charge is -2.26. The van der Waals surface area contributed by atoms with Gasteiger partial charge in [-0.05, 0) is 50.3 Å². The summed E-state index contributed by atoms with van der Waals surface area (Å²) in [5.41, 5.74) is 3.10. The van der Waals surface area contributed by atoms with Gasteiger partial charge in [-0.3, -0.25) is 0 Å². The first-order valence-electron chi connectivity index (χ1n) is 7.62. The molecule has 0 spiro atoms. The molecular weight excluding hydrogens is 298 g/mol. The van der Waals surface area contributed by atoms with E-state index in [0.717, 1.165) is 29.9 Å². The molecule has 1 aromatic heterocycles. The summed E-state index contributed by atoms with van der Waals surface area (Å²) in [7, 11) is 0. The zero-order chi connectivity index (χ0) is 15.5. The molecule has 116 valence electrons. The van der Waals surface area contributed by atoms with Crippen molar-refractivity contribution in [2.24, 2.45) is 0 Å². The van der Waals surface area contributed by atoms with Crippen LogP contribution in [0.3, 0.4) is 0 Å². The fourth-order valence-electron chi connectivity index (χ4n) is 2.78. The maximum Gasteiger partial charge on any atom is 0.247 e. The number of hydrogen-bond donors (Lipinski definition) is 1. The molecule has 1 aliphatic heterocycles. The Bertz CT molecular complexity index is 644. The van der Waals surface area contributed by atoms with Gasteiger partial charge < -0.3 is 10.2 Å². The van der Waals surface area contributed by atoms with Gasteiger partial charge in [0.05, 0.1) is 16.9 Å². The Kier molecular flexibility index (Phi) is 4.43. The van der Waals surface area contributed by atoms with Crippen molar-refractivity contribution in [3.63, 3.8) is 0 Å². The van der Waals surface area contributed by atoms with Crippen LogP contribution in [0.25, 0.3) is 0 Å². The molecule has 0 radical (unpaired) electrons. The van der Waals surface area contributed by atoms with Crippen LogP contribution < -0.4 is 10.2 Å². The summed E-state index contributed by atoms with van der Waals surface area (Å²) < 4.78 is 0. The smallest absolute Gasteiger partial charge is 0.247 e. The quantitative estimate of drug-likeness (QED) is 0.931. The Morgan fingerprint density at radius 2 is 1.91 bits per heavy atom. The van der Waals surface area contributed by atoms with E-state index in [4.69, 9.17) is 11.6 Å². The standard InChI is InChI=1S/C16H20ClN5/c1-11-8-12(2)15(13(17)9-11)19-14-10-18-21-16(20-14)22-6-4-3-5-7-22/h8-10H,3-7H2,1-2H3,(H,19,20,21). The molecule has 3 rings (SSSR count). The molecule has 0 aliphatic carbocycles. The number of piperidine rings is 1. The predicted molar refractivity (Wildman–Crippen MR) is 90.1 cm³/mol. The van der Waals surface area contributed by atoms with Gasteiger partial charge in [0.25, 0.3) is 0 Å². The van der Waals surface area contributed by atoms with E-state index in [1.807, 2.05) is 19.9 Å². The van der Waals surface area contributed by atoms with Crippen molar-refractivity contribution >= 4 is 29.1 Å². The molecule has 22 heavy (non-hydrogen) atoms. The Morgan fingerprint density at radius 1 is 1.14 bits per heavy atom. The molecule has 0 unspecified atom stereocenters. The number of aryl methyl sites for hydroxylation is 2. The molecule has 0 amide bonds. The minimum Gasteiger partial charge on any atom is -0.339 e. The Balaban J connectivity index is 1.84. The molecule has 5 nitrogen and oxygen atoms in total. The number of halogens is 1. The number of rotatable bonds is 3. The molecule has 0 saturated carbocycles. The van der Waals surface area contributed by atoms with Crippen molar-refractivity contribution in [1.29, 1.82) is 0 Å². The van der Waals surface area contributed by atoms with Gasteiger partial charge in [0.1, 0.15) is 0 Å². The third kappa shape index (κ3) is 3.30. The van der Waals surface area contributed by atoms with E-state index >= 15 is 0 Å². The summed E-state index contributed by atoms with van der Waals surface area (Å²) in [5, 5.41) is 12.2. The van der Waals surface area contributed by atoms with Gasteiger partial charge in [0.2, 0.25) is 5.95 Å². The van der Waals surface area contributed by atoms with Crippen molar-refractivity contribution < 1.29 is 0 Å². The summed E-state index contributed by atoms with van der Waals surface area (Å²) in [4.78, 5) is 6.76. The summed E-state index contributed by atoms with van der Waals surface area (Å²) >= 11 is 6.34. The topological polar surface area (TPSA) is 53.9 Å². The lowest BCUT2D eigenvalue weighted by atomic mass is 10.1. The molecule has 0 atom stereocenters. The van der Waals surface area contributed by atoms with Crippen LogP contribution in [0.15, 0.2) is 18.3 Å². The van der Waals surface area contributed by atoms with Gasteiger partial charge in [-0.1, -0.05) is 17.7 Å². The molecular formula is C16H20ClN5. The van der Waals surface area contributed by atoms with Crippen LogP contribution in [-0.2, 0) is 0 Å². The number of nitrogens with zero attached hydrogens (tertiary/aromatic N) is 4. The third-order valence-corrected chi connectivity index (χ3v) is 4.17. The van der Waals surface area contributed by atoms with Gasteiger partial charge in [-0.15, -0.1) is 5.10 Å². The number of benzene rings is 1. The van der Waals surface area contributed by atoms with Crippen LogP contribution in [0.2, 0.25) is 5.02 Å². The summed E-state index contributed by atoms with van der Waals surface area (Å²) in [6, 6.07) is 4.03. The average molecular weight is 318 g/mol. The SMILES string of the molecule is Cc1cc(C)c(Nc2cnnc(N3CCCCC3)n2)c(Cl)c1. The largest absolute Gasteiger partial charge is 0.339 e. The van der Waals surface area contributed by atoms with Crippen molar-refractivity contribution in [3.8, 4) is 0 Å². The first-order chi connectivity index (χ1) is 10.6. The van der Waals surface area contributed by atoms with Gasteiger partial charge in [0, 0.05) is 13.1 Å². The van der Waals surface area contributed by atoms with E-state index < -0.39 is 0 Å². The summed E-state index contributed by atoms with van der Waals surface area (Å²) in [6.45, 7) is 6.05. The molecule has 1 aliphatic rings. The monoisotopic (exact) mass is 317 g/mol. The highest BCUT2D eigenvalue weighted by Crippen LogP contribution is 2.29. The molecule has 1 fully saturated rings. The van der Waals surface area contributed by atoms with E-state index in [2.05, 4.69) is 31.5 Å². The first kappa shape index (κ1) is 15.0. The van der Waals surface area contributed by atoms with E-state index in [0.29, 0.717) is 16.8 Å². The minimum absolute atomic E-state index is 0.671. The lowest BCUT2D eigenvalue weighted by Crippen LogP contribution is -2.31. The van der Waals surface area contributed by atoms with Crippen molar-refractivity contribution in [2.75, 3.05) is 23.3 Å². The highest BCUT2D eigenvalue weighted by molar-refractivity contribution is 6.33. The molecule has 1 N–H and O–H groups in total. The van der Waals surface area contributed by atoms with Crippen LogP contribution in [0.4, 0.5) is 17.5 Å². The average Bonchev–Trinajstić information content (AvgIpc) is 2.52. The highest BCUT2D eigenvalue weighted by Gasteiger charge is 2.15. The third-order valence-electron chi connectivity index (χ3n) is 3.87. The molecule has 6 heteroatoms. The maximum atomic E-state index is 6.34. The second-order valence-corrected chi connectivity index (χ2v) is 6.16. The maximum absolute atomic E-state index is 6.34. The number of aromatic nitrogens is 3. The second-order valence-electron chi connectivity index (χ2n) is 5.75. The van der Waals surface area contributed by atoms with Gasteiger partial charge >= 0.3 is 0 Å². The van der Waals surface area contributed by atoms with Crippen molar-refractivity contribution in [2.45, 2.75) is 33.1 Å². The molecule has 1 aromatic carbocycles. The van der Waals surface area contributed by atoms with E-state index in [9.17, 15) is 0 Å². The fourth-order valence-corrected chi connectivity index (χ4v) is 3.15. The number of anilines is 3. The van der Waals surface area contributed by atoms with Gasteiger partial charge in [-0.2, -0.15) is 10.1 Å². The zero-order valence-electron chi connectivity index (χ0n) is 12.9.